The third kappa shape index (κ3) is 3.85. The van der Waals surface area contributed by atoms with Crippen LogP contribution in [0.1, 0.15) is 49.2 Å². The number of piperidine rings is 1. The molecule has 0 bridgehead atoms. The molecule has 0 unspecified atom stereocenters. The SMILES string of the molecule is Cc1nc2c(c(C)nn2-c2ccccc2)c(C)c1CCC(=O)N1C[C@@H](C)C[C@H](C)C1. The molecule has 0 N–H and O–H groups in total. The van der Waals surface area contributed by atoms with E-state index in [0.717, 1.165) is 47.6 Å². The minimum Gasteiger partial charge on any atom is -0.342 e. The molecule has 5 nitrogen and oxygen atoms in total. The number of likely N-dealkylation sites (tertiary alicyclic amines) is 1. The number of amides is 1. The molecule has 158 valence electrons. The van der Waals surface area contributed by atoms with Crippen molar-refractivity contribution in [2.24, 2.45) is 11.8 Å². The van der Waals surface area contributed by atoms with Crippen LogP contribution in [0.4, 0.5) is 0 Å². The number of carbonyl (C=O) groups is 1. The Kier molecular flexibility index (Phi) is 5.63. The number of nitrogens with zero attached hydrogens (tertiary/aromatic N) is 4. The minimum absolute atomic E-state index is 0.268. The maximum absolute atomic E-state index is 12.9. The highest BCUT2D eigenvalue weighted by Gasteiger charge is 2.25. The van der Waals surface area contributed by atoms with Crippen molar-refractivity contribution in [1.82, 2.24) is 19.7 Å². The summed E-state index contributed by atoms with van der Waals surface area (Å²) < 4.78 is 1.93. The molecule has 0 saturated carbocycles. The predicted molar refractivity (Wildman–Crippen MR) is 121 cm³/mol. The molecule has 1 aliphatic heterocycles. The summed E-state index contributed by atoms with van der Waals surface area (Å²) in [5.41, 5.74) is 6.26. The minimum atomic E-state index is 0.268. The fraction of sp³-hybridized carbons (Fsp3) is 0.480. The van der Waals surface area contributed by atoms with Crippen LogP contribution in [0.5, 0.6) is 0 Å². The summed E-state index contributed by atoms with van der Waals surface area (Å²) in [6.07, 6.45) is 2.49. The molecule has 1 fully saturated rings. The zero-order valence-electron chi connectivity index (χ0n) is 18.8. The molecular formula is C25H32N4O. The maximum atomic E-state index is 12.9. The van der Waals surface area contributed by atoms with E-state index < -0.39 is 0 Å². The van der Waals surface area contributed by atoms with Gasteiger partial charge in [0, 0.05) is 30.6 Å². The van der Waals surface area contributed by atoms with E-state index in [1.165, 1.54) is 17.5 Å². The van der Waals surface area contributed by atoms with Crippen LogP contribution in [0.3, 0.4) is 0 Å². The first-order valence-electron chi connectivity index (χ1n) is 11.0. The lowest BCUT2D eigenvalue weighted by Gasteiger charge is -2.35. The number of para-hydroxylation sites is 1. The molecule has 2 aromatic heterocycles. The topological polar surface area (TPSA) is 51.0 Å². The van der Waals surface area contributed by atoms with Gasteiger partial charge in [-0.25, -0.2) is 9.67 Å². The summed E-state index contributed by atoms with van der Waals surface area (Å²) in [7, 11) is 0. The molecule has 0 spiro atoms. The van der Waals surface area contributed by atoms with E-state index in [1.54, 1.807) is 0 Å². The van der Waals surface area contributed by atoms with Crippen LogP contribution in [0.2, 0.25) is 0 Å². The van der Waals surface area contributed by atoms with Crippen LogP contribution in [0.15, 0.2) is 30.3 Å². The number of fused-ring (bicyclic) bond motifs is 1. The Bertz CT molecular complexity index is 1060. The Balaban J connectivity index is 1.61. The molecule has 1 aliphatic rings. The van der Waals surface area contributed by atoms with Gasteiger partial charge in [-0.05, 0) is 68.7 Å². The first-order chi connectivity index (χ1) is 14.3. The fourth-order valence-corrected chi connectivity index (χ4v) is 5.08. The van der Waals surface area contributed by atoms with Gasteiger partial charge in [-0.2, -0.15) is 5.10 Å². The van der Waals surface area contributed by atoms with Gasteiger partial charge in [-0.15, -0.1) is 0 Å². The summed E-state index contributed by atoms with van der Waals surface area (Å²) >= 11 is 0. The van der Waals surface area contributed by atoms with E-state index in [0.29, 0.717) is 18.3 Å². The second-order valence-electron chi connectivity index (χ2n) is 9.08. The Hall–Kier alpha value is -2.69. The van der Waals surface area contributed by atoms with Crippen LogP contribution >= 0.6 is 0 Å². The van der Waals surface area contributed by atoms with Gasteiger partial charge in [0.25, 0.3) is 0 Å². The highest BCUT2D eigenvalue weighted by molar-refractivity contribution is 5.85. The second-order valence-corrected chi connectivity index (χ2v) is 9.08. The first-order valence-corrected chi connectivity index (χ1v) is 11.0. The molecule has 1 aromatic carbocycles. The van der Waals surface area contributed by atoms with Crippen molar-refractivity contribution in [2.45, 2.75) is 53.9 Å². The Labute approximate surface area is 179 Å². The van der Waals surface area contributed by atoms with Crippen molar-refractivity contribution in [3.05, 3.63) is 52.8 Å². The van der Waals surface area contributed by atoms with Crippen molar-refractivity contribution >= 4 is 16.9 Å². The fourth-order valence-electron chi connectivity index (χ4n) is 5.08. The van der Waals surface area contributed by atoms with E-state index >= 15 is 0 Å². The van der Waals surface area contributed by atoms with Gasteiger partial charge in [0.2, 0.25) is 5.91 Å². The van der Waals surface area contributed by atoms with E-state index in [4.69, 9.17) is 10.1 Å². The van der Waals surface area contributed by atoms with Crippen molar-refractivity contribution in [3.63, 3.8) is 0 Å². The number of carbonyl (C=O) groups excluding carboxylic acids is 1. The van der Waals surface area contributed by atoms with Crippen LogP contribution in [0, 0.1) is 32.6 Å². The number of hydrogen-bond donors (Lipinski definition) is 0. The normalized spacial score (nSPS) is 19.4. The molecule has 30 heavy (non-hydrogen) atoms. The lowest BCUT2D eigenvalue weighted by molar-refractivity contribution is -0.133. The predicted octanol–water partition coefficient (Wildman–Crippen LogP) is 4.78. The van der Waals surface area contributed by atoms with Gasteiger partial charge in [-0.1, -0.05) is 32.0 Å². The Morgan fingerprint density at radius 3 is 2.37 bits per heavy atom. The Morgan fingerprint density at radius 2 is 1.70 bits per heavy atom. The van der Waals surface area contributed by atoms with Gasteiger partial charge in [0.1, 0.15) is 0 Å². The summed E-state index contributed by atoms with van der Waals surface area (Å²) in [6, 6.07) is 10.1. The molecule has 4 rings (SSSR count). The van der Waals surface area contributed by atoms with E-state index in [2.05, 4.69) is 32.6 Å². The quantitative estimate of drug-likeness (QED) is 0.629. The molecule has 3 aromatic rings. The third-order valence-electron chi connectivity index (χ3n) is 6.39. The lowest BCUT2D eigenvalue weighted by Crippen LogP contribution is -2.42. The molecule has 1 amide bonds. The summed E-state index contributed by atoms with van der Waals surface area (Å²) in [5, 5.41) is 5.87. The van der Waals surface area contributed by atoms with Crippen molar-refractivity contribution in [1.29, 1.82) is 0 Å². The van der Waals surface area contributed by atoms with E-state index in [-0.39, 0.29) is 5.91 Å². The second kappa shape index (κ2) is 8.21. The summed E-state index contributed by atoms with van der Waals surface area (Å²) in [5.74, 6) is 1.44. The number of pyridine rings is 1. The largest absolute Gasteiger partial charge is 0.342 e. The molecule has 5 heteroatoms. The van der Waals surface area contributed by atoms with Crippen LogP contribution in [-0.4, -0.2) is 38.7 Å². The van der Waals surface area contributed by atoms with Gasteiger partial charge in [0.05, 0.1) is 11.4 Å². The van der Waals surface area contributed by atoms with E-state index in [1.807, 2.05) is 41.9 Å². The number of rotatable bonds is 4. The molecule has 3 heterocycles. The number of hydrogen-bond acceptors (Lipinski definition) is 3. The van der Waals surface area contributed by atoms with Crippen LogP contribution < -0.4 is 0 Å². The molecule has 0 radical (unpaired) electrons. The first kappa shape index (κ1) is 20.6. The van der Waals surface area contributed by atoms with Gasteiger partial charge in [-0.3, -0.25) is 4.79 Å². The third-order valence-corrected chi connectivity index (χ3v) is 6.39. The highest BCUT2D eigenvalue weighted by atomic mass is 16.2. The number of aromatic nitrogens is 3. The summed E-state index contributed by atoms with van der Waals surface area (Å²) in [6.45, 7) is 12.5. The van der Waals surface area contributed by atoms with Crippen molar-refractivity contribution in [2.75, 3.05) is 13.1 Å². The summed E-state index contributed by atoms with van der Waals surface area (Å²) in [4.78, 5) is 19.9. The molecule has 1 saturated heterocycles. The monoisotopic (exact) mass is 404 g/mol. The Morgan fingerprint density at radius 1 is 1.03 bits per heavy atom. The average Bonchev–Trinajstić information content (AvgIpc) is 3.03. The number of aryl methyl sites for hydroxylation is 3. The lowest BCUT2D eigenvalue weighted by atomic mass is 9.91. The standard InChI is InChI=1S/C25H32N4O/c1-16-13-17(2)15-28(14-16)23(30)12-11-22-18(3)24-20(5)27-29(25(24)26-19(22)4)21-9-7-6-8-10-21/h6-10,16-17H,11-15H2,1-5H3/t16-,17-/m0/s1. The van der Waals surface area contributed by atoms with Gasteiger partial charge >= 0.3 is 0 Å². The molecule has 0 aliphatic carbocycles. The maximum Gasteiger partial charge on any atom is 0.222 e. The van der Waals surface area contributed by atoms with Gasteiger partial charge < -0.3 is 4.90 Å². The zero-order valence-corrected chi connectivity index (χ0v) is 18.8. The smallest absolute Gasteiger partial charge is 0.222 e. The molecular weight excluding hydrogens is 372 g/mol. The van der Waals surface area contributed by atoms with Gasteiger partial charge in [0.15, 0.2) is 5.65 Å². The zero-order chi connectivity index (χ0) is 21.4. The molecule has 2 atom stereocenters. The highest BCUT2D eigenvalue weighted by Crippen LogP contribution is 2.29. The van der Waals surface area contributed by atoms with Crippen molar-refractivity contribution in [3.8, 4) is 5.69 Å². The number of benzene rings is 1. The van der Waals surface area contributed by atoms with Crippen LogP contribution in [-0.2, 0) is 11.2 Å². The van der Waals surface area contributed by atoms with Crippen molar-refractivity contribution < 1.29 is 4.79 Å². The van der Waals surface area contributed by atoms with Crippen LogP contribution in [0.25, 0.3) is 16.7 Å². The van der Waals surface area contributed by atoms with E-state index in [9.17, 15) is 4.79 Å². The average molecular weight is 405 g/mol.